The fourth-order valence-electron chi connectivity index (χ4n) is 2.89. The quantitative estimate of drug-likeness (QED) is 0.913. The van der Waals surface area contributed by atoms with Gasteiger partial charge in [-0.1, -0.05) is 13.8 Å². The molecule has 0 saturated carbocycles. The Morgan fingerprint density at radius 1 is 1.29 bits per heavy atom. The molecule has 1 N–H and O–H groups in total. The molecule has 1 aliphatic heterocycles. The Bertz CT molecular complexity index is 598. The lowest BCUT2D eigenvalue weighted by molar-refractivity contribution is 0.511. The zero-order chi connectivity index (χ0) is 14.7. The highest BCUT2D eigenvalue weighted by Crippen LogP contribution is 2.24. The molecule has 1 aliphatic rings. The number of nitrogens with zero attached hydrogens (tertiary/aromatic N) is 4. The van der Waals surface area contributed by atoms with Gasteiger partial charge >= 0.3 is 0 Å². The van der Waals surface area contributed by atoms with Crippen LogP contribution in [0.2, 0.25) is 0 Å². The molecule has 5 heteroatoms. The van der Waals surface area contributed by atoms with Crippen molar-refractivity contribution in [2.45, 2.75) is 32.7 Å². The van der Waals surface area contributed by atoms with Crippen LogP contribution in [0.5, 0.6) is 0 Å². The van der Waals surface area contributed by atoms with Crippen LogP contribution in [-0.4, -0.2) is 40.6 Å². The Kier molecular flexibility index (Phi) is 4.29. The van der Waals surface area contributed by atoms with Gasteiger partial charge in [-0.2, -0.15) is 0 Å². The van der Waals surface area contributed by atoms with Crippen molar-refractivity contribution in [3.05, 3.63) is 24.5 Å². The van der Waals surface area contributed by atoms with Crippen molar-refractivity contribution in [3.8, 4) is 0 Å². The second-order valence-corrected chi connectivity index (χ2v) is 6.11. The molecule has 0 aromatic carbocycles. The van der Waals surface area contributed by atoms with E-state index >= 15 is 0 Å². The Labute approximate surface area is 125 Å². The van der Waals surface area contributed by atoms with Crippen molar-refractivity contribution in [2.24, 2.45) is 5.92 Å². The van der Waals surface area contributed by atoms with Gasteiger partial charge in [0.05, 0.1) is 0 Å². The summed E-state index contributed by atoms with van der Waals surface area (Å²) in [6.07, 6.45) is 5.86. The molecular formula is C16H23N5. The lowest BCUT2D eigenvalue weighted by Gasteiger charge is -2.26. The Hall–Kier alpha value is -1.75. The van der Waals surface area contributed by atoms with E-state index in [1.165, 1.54) is 12.8 Å². The summed E-state index contributed by atoms with van der Waals surface area (Å²) in [5.74, 6) is 1.71. The van der Waals surface area contributed by atoms with Crippen molar-refractivity contribution in [1.82, 2.24) is 20.3 Å². The van der Waals surface area contributed by atoms with Gasteiger partial charge in [-0.3, -0.25) is 4.98 Å². The van der Waals surface area contributed by atoms with Gasteiger partial charge in [0.25, 0.3) is 0 Å². The Morgan fingerprint density at radius 2 is 2.14 bits per heavy atom. The van der Waals surface area contributed by atoms with E-state index in [-0.39, 0.29) is 0 Å². The first-order chi connectivity index (χ1) is 10.2. The summed E-state index contributed by atoms with van der Waals surface area (Å²) in [7, 11) is 0. The van der Waals surface area contributed by atoms with Crippen molar-refractivity contribution in [3.63, 3.8) is 0 Å². The van der Waals surface area contributed by atoms with E-state index in [0.717, 1.165) is 36.6 Å². The lowest BCUT2D eigenvalue weighted by Crippen LogP contribution is -2.39. The summed E-state index contributed by atoms with van der Waals surface area (Å²) in [5.41, 5.74) is 1.59. The van der Waals surface area contributed by atoms with Gasteiger partial charge in [-0.25, -0.2) is 9.97 Å². The Balaban J connectivity index is 1.73. The molecule has 1 saturated heterocycles. The maximum absolute atomic E-state index is 4.68. The van der Waals surface area contributed by atoms with Gasteiger partial charge in [0, 0.05) is 31.5 Å². The molecule has 2 aromatic heterocycles. The fraction of sp³-hybridized carbons (Fsp3) is 0.562. The third-order valence-corrected chi connectivity index (χ3v) is 3.92. The van der Waals surface area contributed by atoms with Crippen LogP contribution in [0.1, 0.15) is 26.7 Å². The first kappa shape index (κ1) is 14.2. The van der Waals surface area contributed by atoms with E-state index in [1.54, 1.807) is 12.4 Å². The van der Waals surface area contributed by atoms with Crippen molar-refractivity contribution < 1.29 is 0 Å². The number of anilines is 1. The second kappa shape index (κ2) is 6.35. The smallest absolute Gasteiger partial charge is 0.180 e. The van der Waals surface area contributed by atoms with Crippen molar-refractivity contribution in [1.29, 1.82) is 0 Å². The summed E-state index contributed by atoms with van der Waals surface area (Å²) in [6.45, 7) is 7.65. The van der Waals surface area contributed by atoms with Crippen LogP contribution >= 0.6 is 0 Å². The third-order valence-electron chi connectivity index (χ3n) is 3.92. The molecule has 112 valence electrons. The molecule has 21 heavy (non-hydrogen) atoms. The van der Waals surface area contributed by atoms with Crippen LogP contribution < -0.4 is 10.2 Å². The number of hydrogen-bond donors (Lipinski definition) is 1. The predicted octanol–water partition coefficient (Wildman–Crippen LogP) is 2.24. The van der Waals surface area contributed by atoms with Gasteiger partial charge in [0.1, 0.15) is 11.3 Å². The highest BCUT2D eigenvalue weighted by molar-refractivity contribution is 5.71. The number of nitrogens with one attached hydrogen (secondary N) is 1. The Morgan fingerprint density at radius 3 is 3.00 bits per heavy atom. The summed E-state index contributed by atoms with van der Waals surface area (Å²) in [4.78, 5) is 15.7. The molecule has 1 unspecified atom stereocenters. The highest BCUT2D eigenvalue weighted by Gasteiger charge is 2.25. The summed E-state index contributed by atoms with van der Waals surface area (Å²) in [6, 6.07) is 4.62. The number of fused-ring (bicyclic) bond motifs is 1. The van der Waals surface area contributed by atoms with Crippen LogP contribution in [0, 0.1) is 5.92 Å². The summed E-state index contributed by atoms with van der Waals surface area (Å²) >= 11 is 0. The van der Waals surface area contributed by atoms with Crippen LogP contribution in [-0.2, 0) is 0 Å². The van der Waals surface area contributed by atoms with E-state index in [1.807, 2.05) is 6.07 Å². The molecule has 0 aliphatic carbocycles. The molecule has 1 fully saturated rings. The predicted molar refractivity (Wildman–Crippen MR) is 85.4 cm³/mol. The first-order valence-electron chi connectivity index (χ1n) is 7.79. The van der Waals surface area contributed by atoms with E-state index in [2.05, 4.69) is 45.1 Å². The highest BCUT2D eigenvalue weighted by atomic mass is 15.2. The van der Waals surface area contributed by atoms with Gasteiger partial charge in [0.2, 0.25) is 0 Å². The SMILES string of the molecule is CC(C)CNCC1CCCN1c1ccc2nccnc2n1. The van der Waals surface area contributed by atoms with Gasteiger partial charge < -0.3 is 10.2 Å². The molecule has 0 amide bonds. The van der Waals surface area contributed by atoms with Crippen LogP contribution in [0.25, 0.3) is 11.2 Å². The maximum Gasteiger partial charge on any atom is 0.180 e. The van der Waals surface area contributed by atoms with E-state index < -0.39 is 0 Å². The minimum absolute atomic E-state index is 0.533. The molecular weight excluding hydrogens is 262 g/mol. The van der Waals surface area contributed by atoms with Gasteiger partial charge in [0.15, 0.2) is 5.65 Å². The van der Waals surface area contributed by atoms with E-state index in [9.17, 15) is 0 Å². The number of rotatable bonds is 5. The van der Waals surface area contributed by atoms with Crippen molar-refractivity contribution in [2.75, 3.05) is 24.5 Å². The lowest BCUT2D eigenvalue weighted by atomic mass is 10.2. The summed E-state index contributed by atoms with van der Waals surface area (Å²) in [5, 5.41) is 3.57. The van der Waals surface area contributed by atoms with Crippen LogP contribution in [0.3, 0.4) is 0 Å². The zero-order valence-corrected chi connectivity index (χ0v) is 12.8. The molecule has 0 radical (unpaired) electrons. The molecule has 3 rings (SSSR count). The number of aromatic nitrogens is 3. The van der Waals surface area contributed by atoms with E-state index in [0.29, 0.717) is 12.0 Å². The molecule has 0 spiro atoms. The minimum atomic E-state index is 0.533. The number of hydrogen-bond acceptors (Lipinski definition) is 5. The maximum atomic E-state index is 4.68. The molecule has 5 nitrogen and oxygen atoms in total. The third kappa shape index (κ3) is 3.29. The minimum Gasteiger partial charge on any atom is -0.352 e. The molecule has 2 aromatic rings. The summed E-state index contributed by atoms with van der Waals surface area (Å²) < 4.78 is 0. The average Bonchev–Trinajstić information content (AvgIpc) is 2.95. The van der Waals surface area contributed by atoms with Gasteiger partial charge in [-0.15, -0.1) is 0 Å². The van der Waals surface area contributed by atoms with Crippen LogP contribution in [0.4, 0.5) is 5.82 Å². The first-order valence-corrected chi connectivity index (χ1v) is 7.79. The molecule has 0 bridgehead atoms. The van der Waals surface area contributed by atoms with Crippen molar-refractivity contribution >= 4 is 17.0 Å². The fourth-order valence-corrected chi connectivity index (χ4v) is 2.89. The van der Waals surface area contributed by atoms with Crippen LogP contribution in [0.15, 0.2) is 24.5 Å². The second-order valence-electron chi connectivity index (χ2n) is 6.11. The standard InChI is InChI=1S/C16H23N5/c1-12(2)10-17-11-13-4-3-9-21(13)15-6-5-14-16(20-15)19-8-7-18-14/h5-8,12-13,17H,3-4,9-11H2,1-2H3. The largest absolute Gasteiger partial charge is 0.352 e. The molecule has 3 heterocycles. The normalized spacial score (nSPS) is 18.8. The number of pyridine rings is 1. The monoisotopic (exact) mass is 285 g/mol. The zero-order valence-electron chi connectivity index (χ0n) is 12.8. The van der Waals surface area contributed by atoms with Gasteiger partial charge in [-0.05, 0) is 37.4 Å². The molecule has 1 atom stereocenters. The van der Waals surface area contributed by atoms with E-state index in [4.69, 9.17) is 0 Å². The average molecular weight is 285 g/mol. The topological polar surface area (TPSA) is 53.9 Å².